The quantitative estimate of drug-likeness (QED) is 0.579. The first kappa shape index (κ1) is 17.7. The van der Waals surface area contributed by atoms with Crippen LogP contribution in [0.15, 0.2) is 67.4 Å². The van der Waals surface area contributed by atoms with Crippen molar-refractivity contribution in [1.29, 1.82) is 0 Å². The highest BCUT2D eigenvalue weighted by Gasteiger charge is 2.33. The average molecular weight is 383 g/mol. The van der Waals surface area contributed by atoms with Gasteiger partial charge in [0.2, 0.25) is 0 Å². The molecule has 0 radical (unpaired) electrons. The largest absolute Gasteiger partial charge is 0.417 e. The Bertz CT molecular complexity index is 1160. The van der Waals surface area contributed by atoms with Crippen LogP contribution in [0.1, 0.15) is 15.9 Å². The number of imidazole rings is 1. The molecule has 9 heteroatoms. The Kier molecular flexibility index (Phi) is 4.26. The van der Waals surface area contributed by atoms with Crippen LogP contribution in [0.2, 0.25) is 0 Å². The van der Waals surface area contributed by atoms with Crippen molar-refractivity contribution in [2.75, 3.05) is 5.32 Å². The smallest absolute Gasteiger partial charge is 0.303 e. The van der Waals surface area contributed by atoms with Gasteiger partial charge in [0.25, 0.3) is 5.91 Å². The number of carbonyl (C=O) groups is 1. The molecule has 1 aromatic carbocycles. The van der Waals surface area contributed by atoms with E-state index < -0.39 is 17.6 Å². The number of anilines is 1. The molecule has 0 aliphatic rings. The lowest BCUT2D eigenvalue weighted by atomic mass is 10.0. The molecule has 3 heterocycles. The summed E-state index contributed by atoms with van der Waals surface area (Å²) in [6.07, 6.45) is 1.38. The summed E-state index contributed by atoms with van der Waals surface area (Å²) in [5, 5.41) is 2.61. The number of aromatic nitrogens is 4. The maximum Gasteiger partial charge on any atom is 0.417 e. The summed E-state index contributed by atoms with van der Waals surface area (Å²) in [5.74, 6) is -0.309. The standard InChI is InChI=1S/C19H12F3N5O/c20-19(21,22)14-6-2-1-5-13(14)15-7-9-27-11-24-16(17(27)25-15)26-18(28)12-4-3-8-23-10-12/h1-11H,(H,26,28). The monoisotopic (exact) mass is 383 g/mol. The molecule has 1 amide bonds. The van der Waals surface area contributed by atoms with E-state index in [0.29, 0.717) is 5.56 Å². The third-order valence-electron chi connectivity index (χ3n) is 4.05. The number of halogens is 3. The van der Waals surface area contributed by atoms with E-state index in [1.807, 2.05) is 0 Å². The summed E-state index contributed by atoms with van der Waals surface area (Å²) in [6, 6.07) is 9.85. The van der Waals surface area contributed by atoms with Gasteiger partial charge in [0.1, 0.15) is 6.33 Å². The number of carbonyl (C=O) groups excluding carboxylic acids is 1. The van der Waals surface area contributed by atoms with Crippen LogP contribution in [0.5, 0.6) is 0 Å². The minimum absolute atomic E-state index is 0.0526. The maximum atomic E-state index is 13.3. The summed E-state index contributed by atoms with van der Waals surface area (Å²) in [4.78, 5) is 24.6. The third-order valence-corrected chi connectivity index (χ3v) is 4.05. The second-order valence-corrected chi connectivity index (χ2v) is 5.88. The molecule has 140 valence electrons. The van der Waals surface area contributed by atoms with E-state index in [1.165, 1.54) is 53.6 Å². The molecule has 0 fully saturated rings. The summed E-state index contributed by atoms with van der Waals surface area (Å²) in [5.41, 5.74) is -0.165. The SMILES string of the molecule is O=C(Nc1ncn2ccc(-c3ccccc3C(F)(F)F)nc12)c1cccnc1. The summed E-state index contributed by atoms with van der Waals surface area (Å²) < 4.78 is 41.5. The van der Waals surface area contributed by atoms with E-state index >= 15 is 0 Å². The molecule has 0 unspecified atom stereocenters. The molecule has 0 bridgehead atoms. The molecule has 4 aromatic rings. The van der Waals surface area contributed by atoms with E-state index in [2.05, 4.69) is 20.3 Å². The molecule has 0 saturated heterocycles. The zero-order valence-corrected chi connectivity index (χ0v) is 14.2. The van der Waals surface area contributed by atoms with Gasteiger partial charge in [-0.1, -0.05) is 18.2 Å². The molecular weight excluding hydrogens is 371 g/mol. The van der Waals surface area contributed by atoms with Crippen molar-refractivity contribution in [3.05, 3.63) is 78.5 Å². The fourth-order valence-electron chi connectivity index (χ4n) is 2.75. The van der Waals surface area contributed by atoms with Crippen LogP contribution in [0.3, 0.4) is 0 Å². The number of alkyl halides is 3. The third kappa shape index (κ3) is 3.29. The number of benzene rings is 1. The van der Waals surface area contributed by atoms with Gasteiger partial charge >= 0.3 is 6.18 Å². The number of nitrogens with one attached hydrogen (secondary N) is 1. The van der Waals surface area contributed by atoms with Crippen molar-refractivity contribution in [1.82, 2.24) is 19.4 Å². The Hall–Kier alpha value is -3.75. The topological polar surface area (TPSA) is 72.2 Å². The highest BCUT2D eigenvalue weighted by Crippen LogP contribution is 2.36. The number of nitrogens with zero attached hydrogens (tertiary/aromatic N) is 4. The Morgan fingerprint density at radius 3 is 2.64 bits per heavy atom. The Balaban J connectivity index is 1.75. The van der Waals surface area contributed by atoms with Gasteiger partial charge in [-0.3, -0.25) is 14.2 Å². The van der Waals surface area contributed by atoms with Crippen LogP contribution in [0.4, 0.5) is 19.0 Å². The van der Waals surface area contributed by atoms with Crippen LogP contribution in [-0.4, -0.2) is 25.3 Å². The van der Waals surface area contributed by atoms with E-state index in [1.54, 1.807) is 12.1 Å². The first-order chi connectivity index (χ1) is 13.4. The van der Waals surface area contributed by atoms with Crippen LogP contribution >= 0.6 is 0 Å². The van der Waals surface area contributed by atoms with Gasteiger partial charge in [0.05, 0.1) is 16.8 Å². The Morgan fingerprint density at radius 1 is 1.07 bits per heavy atom. The van der Waals surface area contributed by atoms with Gasteiger partial charge in [-0.2, -0.15) is 13.2 Å². The molecule has 0 spiro atoms. The Morgan fingerprint density at radius 2 is 1.89 bits per heavy atom. The van der Waals surface area contributed by atoms with Gasteiger partial charge in [-0.05, 0) is 24.3 Å². The lowest BCUT2D eigenvalue weighted by Gasteiger charge is -2.12. The van der Waals surface area contributed by atoms with E-state index in [0.717, 1.165) is 6.07 Å². The number of amides is 1. The number of hydrogen-bond acceptors (Lipinski definition) is 4. The van der Waals surface area contributed by atoms with Crippen molar-refractivity contribution < 1.29 is 18.0 Å². The number of rotatable bonds is 3. The zero-order chi connectivity index (χ0) is 19.7. The van der Waals surface area contributed by atoms with Gasteiger partial charge in [-0.25, -0.2) is 9.97 Å². The molecule has 0 saturated carbocycles. The van der Waals surface area contributed by atoms with Gasteiger partial charge in [0.15, 0.2) is 11.5 Å². The average Bonchev–Trinajstić information content (AvgIpc) is 3.10. The van der Waals surface area contributed by atoms with Crippen LogP contribution in [0, 0.1) is 0 Å². The van der Waals surface area contributed by atoms with Crippen molar-refractivity contribution in [2.45, 2.75) is 6.18 Å². The number of hydrogen-bond donors (Lipinski definition) is 1. The van der Waals surface area contributed by atoms with E-state index in [4.69, 9.17) is 0 Å². The molecular formula is C19H12F3N5O. The van der Waals surface area contributed by atoms with Gasteiger partial charge in [-0.15, -0.1) is 0 Å². The number of pyridine rings is 1. The molecule has 3 aromatic heterocycles. The van der Waals surface area contributed by atoms with Crippen LogP contribution < -0.4 is 5.32 Å². The molecule has 0 aliphatic carbocycles. The van der Waals surface area contributed by atoms with Crippen molar-refractivity contribution >= 4 is 17.4 Å². The first-order valence-electron chi connectivity index (χ1n) is 8.15. The lowest BCUT2D eigenvalue weighted by Crippen LogP contribution is -2.13. The fourth-order valence-corrected chi connectivity index (χ4v) is 2.75. The highest BCUT2D eigenvalue weighted by atomic mass is 19.4. The predicted octanol–water partition coefficient (Wildman–Crippen LogP) is 4.06. The van der Waals surface area contributed by atoms with Crippen molar-refractivity contribution in [3.63, 3.8) is 0 Å². The van der Waals surface area contributed by atoms with E-state index in [-0.39, 0.29) is 22.7 Å². The minimum Gasteiger partial charge on any atom is -0.303 e. The van der Waals surface area contributed by atoms with Crippen molar-refractivity contribution in [3.8, 4) is 11.3 Å². The maximum absolute atomic E-state index is 13.3. The molecule has 0 aliphatic heterocycles. The van der Waals surface area contributed by atoms with Gasteiger partial charge in [0, 0.05) is 24.2 Å². The van der Waals surface area contributed by atoms with Crippen molar-refractivity contribution in [2.24, 2.45) is 0 Å². The molecule has 4 rings (SSSR count). The lowest BCUT2D eigenvalue weighted by molar-refractivity contribution is -0.137. The zero-order valence-electron chi connectivity index (χ0n) is 14.2. The van der Waals surface area contributed by atoms with E-state index in [9.17, 15) is 18.0 Å². The number of fused-ring (bicyclic) bond motifs is 1. The fraction of sp³-hybridized carbons (Fsp3) is 0.0526. The molecule has 1 N–H and O–H groups in total. The second kappa shape index (κ2) is 6.76. The second-order valence-electron chi connectivity index (χ2n) is 5.88. The van der Waals surface area contributed by atoms with Crippen LogP contribution in [0.25, 0.3) is 16.9 Å². The normalized spacial score (nSPS) is 11.5. The Labute approximate surface area is 156 Å². The summed E-state index contributed by atoms with van der Waals surface area (Å²) in [6.45, 7) is 0. The molecule has 28 heavy (non-hydrogen) atoms. The first-order valence-corrected chi connectivity index (χ1v) is 8.15. The minimum atomic E-state index is -4.51. The molecule has 0 atom stereocenters. The van der Waals surface area contributed by atoms with Gasteiger partial charge < -0.3 is 5.32 Å². The highest BCUT2D eigenvalue weighted by molar-refractivity contribution is 6.05. The predicted molar refractivity (Wildman–Crippen MR) is 95.6 cm³/mol. The van der Waals surface area contributed by atoms with Crippen LogP contribution in [-0.2, 0) is 6.18 Å². The summed E-state index contributed by atoms with van der Waals surface area (Å²) >= 11 is 0. The molecule has 6 nitrogen and oxygen atoms in total. The summed E-state index contributed by atoms with van der Waals surface area (Å²) in [7, 11) is 0.